The number of benzene rings is 1. The smallest absolute Gasteiger partial charge is 0.161 e. The van der Waals surface area contributed by atoms with Crippen LogP contribution in [0, 0.1) is 18.7 Å². The van der Waals surface area contributed by atoms with Gasteiger partial charge >= 0.3 is 0 Å². The van der Waals surface area contributed by atoms with E-state index in [0.29, 0.717) is 17.0 Å². The van der Waals surface area contributed by atoms with Crippen LogP contribution in [-0.4, -0.2) is 19.4 Å². The molecule has 0 aliphatic rings. The van der Waals surface area contributed by atoms with Crippen LogP contribution in [0.5, 0.6) is 0 Å². The number of nitrogens with zero attached hydrogens (tertiary/aromatic N) is 1. The van der Waals surface area contributed by atoms with Crippen LogP contribution < -0.4 is 4.90 Å². The number of ketones is 1. The van der Waals surface area contributed by atoms with E-state index in [4.69, 9.17) is 0 Å². The molecule has 18 heavy (non-hydrogen) atoms. The van der Waals surface area contributed by atoms with Gasteiger partial charge < -0.3 is 4.90 Å². The molecule has 1 aromatic carbocycles. The van der Waals surface area contributed by atoms with Gasteiger partial charge in [0.1, 0.15) is 5.82 Å². The van der Waals surface area contributed by atoms with Gasteiger partial charge in [-0.05, 0) is 43.9 Å². The van der Waals surface area contributed by atoms with Crippen LogP contribution in [0.3, 0.4) is 0 Å². The summed E-state index contributed by atoms with van der Waals surface area (Å²) in [4.78, 5) is 13.6. The van der Waals surface area contributed by atoms with Gasteiger partial charge in [-0.15, -0.1) is 0 Å². The Hall–Kier alpha value is -1.38. The molecule has 0 heterocycles. The molecule has 3 heteroatoms. The molecule has 0 amide bonds. The molecule has 0 radical (unpaired) electrons. The molecule has 100 valence electrons. The number of hydrogen-bond donors (Lipinski definition) is 0. The maximum absolute atomic E-state index is 13.5. The lowest BCUT2D eigenvalue weighted by Crippen LogP contribution is -2.22. The normalized spacial score (nSPS) is 10.8. The Bertz CT molecular complexity index is 440. The predicted molar refractivity (Wildman–Crippen MR) is 73.9 cm³/mol. The van der Waals surface area contributed by atoms with Gasteiger partial charge in [0.25, 0.3) is 0 Å². The number of rotatable bonds is 5. The number of halogens is 1. The summed E-state index contributed by atoms with van der Waals surface area (Å²) in [5.74, 6) is 0.191. The van der Waals surface area contributed by atoms with E-state index in [-0.39, 0.29) is 11.6 Å². The summed E-state index contributed by atoms with van der Waals surface area (Å²) in [6.45, 7) is 8.39. The molecule has 0 aliphatic heterocycles. The number of carbonyl (C=O) groups is 1. The molecule has 0 fully saturated rings. The highest BCUT2D eigenvalue weighted by atomic mass is 19.1. The number of aryl methyl sites for hydroxylation is 1. The molecule has 0 spiro atoms. The zero-order valence-corrected chi connectivity index (χ0v) is 11.9. The zero-order valence-electron chi connectivity index (χ0n) is 11.9. The van der Waals surface area contributed by atoms with E-state index < -0.39 is 0 Å². The molecule has 1 aromatic rings. The minimum atomic E-state index is -0.318. The zero-order chi connectivity index (χ0) is 13.9. The van der Waals surface area contributed by atoms with Crippen molar-refractivity contribution in [3.05, 3.63) is 29.1 Å². The first-order chi connectivity index (χ1) is 8.32. The Morgan fingerprint density at radius 1 is 1.39 bits per heavy atom. The molecule has 1 rings (SSSR count). The molecule has 2 nitrogen and oxygen atoms in total. The summed E-state index contributed by atoms with van der Waals surface area (Å²) in [7, 11) is 1.95. The van der Waals surface area contributed by atoms with E-state index in [1.807, 2.05) is 11.9 Å². The SMILES string of the molecule is CC(=O)c1cc(F)c(C)cc1N(C)CCC(C)C. The van der Waals surface area contributed by atoms with Crippen LogP contribution in [-0.2, 0) is 0 Å². The Morgan fingerprint density at radius 2 is 2.00 bits per heavy atom. The third-order valence-corrected chi connectivity index (χ3v) is 3.11. The van der Waals surface area contributed by atoms with Crippen molar-refractivity contribution >= 4 is 11.5 Å². The van der Waals surface area contributed by atoms with Crippen LogP contribution in [0.2, 0.25) is 0 Å². The number of Topliss-reactive ketones (excluding diaryl/α,β-unsaturated/α-hetero) is 1. The van der Waals surface area contributed by atoms with Crippen LogP contribution in [0.4, 0.5) is 10.1 Å². The lowest BCUT2D eigenvalue weighted by Gasteiger charge is -2.23. The first-order valence-corrected chi connectivity index (χ1v) is 6.35. The molecule has 0 atom stereocenters. The highest BCUT2D eigenvalue weighted by Crippen LogP contribution is 2.24. The second-order valence-electron chi connectivity index (χ2n) is 5.28. The number of carbonyl (C=O) groups excluding carboxylic acids is 1. The first-order valence-electron chi connectivity index (χ1n) is 6.35. The van der Waals surface area contributed by atoms with Crippen molar-refractivity contribution in [3.8, 4) is 0 Å². The van der Waals surface area contributed by atoms with E-state index >= 15 is 0 Å². The van der Waals surface area contributed by atoms with Crippen molar-refractivity contribution in [2.75, 3.05) is 18.5 Å². The highest BCUT2D eigenvalue weighted by molar-refractivity contribution is 5.99. The fraction of sp³-hybridized carbons (Fsp3) is 0.533. The quantitative estimate of drug-likeness (QED) is 0.741. The molecule has 0 N–H and O–H groups in total. The topological polar surface area (TPSA) is 20.3 Å². The molecule has 0 saturated carbocycles. The van der Waals surface area contributed by atoms with E-state index in [1.165, 1.54) is 13.0 Å². The van der Waals surface area contributed by atoms with Gasteiger partial charge in [0.05, 0.1) is 0 Å². The van der Waals surface area contributed by atoms with Crippen molar-refractivity contribution in [2.45, 2.75) is 34.1 Å². The van der Waals surface area contributed by atoms with Crippen molar-refractivity contribution in [1.29, 1.82) is 0 Å². The van der Waals surface area contributed by atoms with Crippen molar-refractivity contribution in [3.63, 3.8) is 0 Å². The lowest BCUT2D eigenvalue weighted by atomic mass is 10.0. The maximum Gasteiger partial charge on any atom is 0.161 e. The van der Waals surface area contributed by atoms with Gasteiger partial charge in [-0.3, -0.25) is 4.79 Å². The van der Waals surface area contributed by atoms with Crippen molar-refractivity contribution in [2.24, 2.45) is 5.92 Å². The Morgan fingerprint density at radius 3 is 2.50 bits per heavy atom. The third-order valence-electron chi connectivity index (χ3n) is 3.11. The summed E-state index contributed by atoms with van der Waals surface area (Å²) in [6, 6.07) is 3.10. The summed E-state index contributed by atoms with van der Waals surface area (Å²) < 4.78 is 13.5. The summed E-state index contributed by atoms with van der Waals surface area (Å²) >= 11 is 0. The second-order valence-corrected chi connectivity index (χ2v) is 5.28. The van der Waals surface area contributed by atoms with Crippen LogP contribution >= 0.6 is 0 Å². The Kier molecular flexibility index (Phi) is 4.88. The average molecular weight is 251 g/mol. The van der Waals surface area contributed by atoms with Crippen LogP contribution in [0.25, 0.3) is 0 Å². The van der Waals surface area contributed by atoms with Crippen LogP contribution in [0.1, 0.15) is 43.1 Å². The molecule has 0 aliphatic carbocycles. The fourth-order valence-electron chi connectivity index (χ4n) is 1.84. The molecule has 0 bridgehead atoms. The van der Waals surface area contributed by atoms with Crippen LogP contribution in [0.15, 0.2) is 12.1 Å². The lowest BCUT2D eigenvalue weighted by molar-refractivity contribution is 0.101. The molecule has 0 saturated heterocycles. The monoisotopic (exact) mass is 251 g/mol. The van der Waals surface area contributed by atoms with Crippen molar-refractivity contribution in [1.82, 2.24) is 0 Å². The Labute approximate surface area is 109 Å². The summed E-state index contributed by atoms with van der Waals surface area (Å²) in [5, 5.41) is 0. The standard InChI is InChI=1S/C15H22FNO/c1-10(2)6-7-17(5)15-8-11(3)14(16)9-13(15)12(4)18/h8-10H,6-7H2,1-5H3. The van der Waals surface area contributed by atoms with Crippen molar-refractivity contribution < 1.29 is 9.18 Å². The summed E-state index contributed by atoms with van der Waals surface area (Å²) in [6.07, 6.45) is 1.05. The minimum absolute atomic E-state index is 0.0969. The molecule has 0 aromatic heterocycles. The summed E-state index contributed by atoms with van der Waals surface area (Å²) in [5.41, 5.74) is 1.86. The van der Waals surface area contributed by atoms with E-state index in [0.717, 1.165) is 18.7 Å². The minimum Gasteiger partial charge on any atom is -0.374 e. The van der Waals surface area contributed by atoms with Gasteiger partial charge in [0.15, 0.2) is 5.78 Å². The van der Waals surface area contributed by atoms with Gasteiger partial charge in [-0.1, -0.05) is 13.8 Å². The predicted octanol–water partition coefficient (Wildman–Crippen LogP) is 3.82. The molecule has 0 unspecified atom stereocenters. The van der Waals surface area contributed by atoms with Gasteiger partial charge in [0.2, 0.25) is 0 Å². The van der Waals surface area contributed by atoms with E-state index in [1.54, 1.807) is 13.0 Å². The third kappa shape index (κ3) is 3.56. The number of hydrogen-bond acceptors (Lipinski definition) is 2. The maximum atomic E-state index is 13.5. The Balaban J connectivity index is 3.05. The first kappa shape index (κ1) is 14.7. The largest absolute Gasteiger partial charge is 0.374 e. The molecular weight excluding hydrogens is 229 g/mol. The fourth-order valence-corrected chi connectivity index (χ4v) is 1.84. The van der Waals surface area contributed by atoms with Gasteiger partial charge in [-0.2, -0.15) is 0 Å². The van der Waals surface area contributed by atoms with E-state index in [2.05, 4.69) is 13.8 Å². The average Bonchev–Trinajstić information content (AvgIpc) is 2.28. The van der Waals surface area contributed by atoms with Gasteiger partial charge in [-0.25, -0.2) is 4.39 Å². The van der Waals surface area contributed by atoms with E-state index in [9.17, 15) is 9.18 Å². The second kappa shape index (κ2) is 5.98. The highest BCUT2D eigenvalue weighted by Gasteiger charge is 2.14. The number of anilines is 1. The van der Waals surface area contributed by atoms with Gasteiger partial charge in [0, 0.05) is 24.8 Å². The molecular formula is C15H22FNO.